The molecule has 70 heavy (non-hydrogen) atoms. The van der Waals surface area contributed by atoms with Gasteiger partial charge in [0.1, 0.15) is 0 Å². The van der Waals surface area contributed by atoms with E-state index in [4.69, 9.17) is 0 Å². The first-order chi connectivity index (χ1) is 34.8. The number of benzene rings is 12. The molecule has 0 fully saturated rings. The topological polar surface area (TPSA) is 3.24 Å². The summed E-state index contributed by atoms with van der Waals surface area (Å²) in [6.45, 7) is 0. The summed E-state index contributed by atoms with van der Waals surface area (Å²) >= 11 is 0. The molecule has 1 nitrogen and oxygen atoms in total. The van der Waals surface area contributed by atoms with Crippen molar-refractivity contribution in [3.05, 3.63) is 283 Å². The van der Waals surface area contributed by atoms with Crippen LogP contribution in [0.1, 0.15) is 22.3 Å². The Bertz CT molecular complexity index is 4050. The van der Waals surface area contributed by atoms with Crippen LogP contribution >= 0.6 is 0 Å². The van der Waals surface area contributed by atoms with Crippen LogP contribution in [0, 0.1) is 0 Å². The highest BCUT2D eigenvalue weighted by Gasteiger charge is 2.52. The van der Waals surface area contributed by atoms with Crippen LogP contribution in [0.15, 0.2) is 261 Å². The molecule has 1 heteroatoms. The Morgan fingerprint density at radius 2 is 0.714 bits per heavy atom. The highest BCUT2D eigenvalue weighted by atomic mass is 15.2. The van der Waals surface area contributed by atoms with Crippen LogP contribution < -0.4 is 4.90 Å². The Kier molecular flexibility index (Phi) is 8.35. The largest absolute Gasteiger partial charge is 0.309 e. The SMILES string of the molecule is c1ccc(-c2ccc(N(c3cccc4c3-c3ccccc3C43c4ccccc4-c4ccccc43)c3c4c(cc5ccccc35)-c3c-4c(-c4ccccc4)c4ccccc4c3-c3ccccc3)cc2)cc1. The Morgan fingerprint density at radius 3 is 1.33 bits per heavy atom. The van der Waals surface area contributed by atoms with Gasteiger partial charge in [-0.2, -0.15) is 0 Å². The van der Waals surface area contributed by atoms with Gasteiger partial charge in [-0.3, -0.25) is 0 Å². The van der Waals surface area contributed by atoms with Crippen LogP contribution in [0.5, 0.6) is 0 Å². The lowest BCUT2D eigenvalue weighted by Gasteiger charge is -2.39. The van der Waals surface area contributed by atoms with Gasteiger partial charge in [-0.25, -0.2) is 0 Å². The minimum absolute atomic E-state index is 0.488. The minimum atomic E-state index is -0.488. The molecule has 0 saturated heterocycles. The predicted molar refractivity (Wildman–Crippen MR) is 293 cm³/mol. The molecule has 0 aromatic heterocycles. The molecule has 3 aliphatic carbocycles. The smallest absolute Gasteiger partial charge is 0.0726 e. The van der Waals surface area contributed by atoms with Crippen molar-refractivity contribution in [2.45, 2.75) is 5.41 Å². The zero-order valence-electron chi connectivity index (χ0n) is 38.3. The van der Waals surface area contributed by atoms with Gasteiger partial charge in [-0.15, -0.1) is 0 Å². The normalized spacial score (nSPS) is 13.0. The van der Waals surface area contributed by atoms with E-state index in [0.29, 0.717) is 0 Å². The van der Waals surface area contributed by atoms with Crippen LogP contribution in [-0.4, -0.2) is 0 Å². The van der Waals surface area contributed by atoms with Gasteiger partial charge in [0.05, 0.1) is 16.8 Å². The van der Waals surface area contributed by atoms with E-state index < -0.39 is 5.41 Å². The van der Waals surface area contributed by atoms with Gasteiger partial charge < -0.3 is 4.90 Å². The molecule has 0 amide bonds. The molecule has 12 aromatic rings. The fourth-order valence-electron chi connectivity index (χ4n) is 12.8. The monoisotopic (exact) mass is 885 g/mol. The van der Waals surface area contributed by atoms with E-state index in [9.17, 15) is 0 Å². The van der Waals surface area contributed by atoms with Crippen LogP contribution in [0.25, 0.3) is 99.4 Å². The summed E-state index contributed by atoms with van der Waals surface area (Å²) in [7, 11) is 0. The Morgan fingerprint density at radius 1 is 0.257 bits per heavy atom. The summed E-state index contributed by atoms with van der Waals surface area (Å²) in [6.07, 6.45) is 0. The first-order valence-electron chi connectivity index (χ1n) is 24.4. The van der Waals surface area contributed by atoms with Gasteiger partial charge in [0, 0.05) is 27.8 Å². The van der Waals surface area contributed by atoms with Gasteiger partial charge >= 0.3 is 0 Å². The van der Waals surface area contributed by atoms with E-state index in [-0.39, 0.29) is 0 Å². The third-order valence-electron chi connectivity index (χ3n) is 15.6. The van der Waals surface area contributed by atoms with Crippen molar-refractivity contribution in [2.24, 2.45) is 0 Å². The Balaban J connectivity index is 1.09. The summed E-state index contributed by atoms with van der Waals surface area (Å²) in [5, 5.41) is 4.94. The summed E-state index contributed by atoms with van der Waals surface area (Å²) < 4.78 is 0. The first kappa shape index (κ1) is 39.0. The van der Waals surface area contributed by atoms with Crippen molar-refractivity contribution < 1.29 is 0 Å². The Labute approximate surface area is 407 Å². The average molecular weight is 886 g/mol. The number of fused-ring (bicyclic) bond motifs is 16. The number of anilines is 3. The van der Waals surface area contributed by atoms with Crippen LogP contribution in [-0.2, 0) is 5.41 Å². The van der Waals surface area contributed by atoms with E-state index >= 15 is 0 Å². The van der Waals surface area contributed by atoms with E-state index in [1.807, 2.05) is 0 Å². The molecule has 0 radical (unpaired) electrons. The van der Waals surface area contributed by atoms with Gasteiger partial charge in [-0.1, -0.05) is 237 Å². The maximum atomic E-state index is 2.63. The average Bonchev–Trinajstić information content (AvgIpc) is 3.91. The van der Waals surface area contributed by atoms with Crippen molar-refractivity contribution in [1.82, 2.24) is 0 Å². The molecule has 15 rings (SSSR count). The molecule has 12 aromatic carbocycles. The molecule has 0 bridgehead atoms. The van der Waals surface area contributed by atoms with E-state index in [1.165, 1.54) is 127 Å². The van der Waals surface area contributed by atoms with Gasteiger partial charge in [0.25, 0.3) is 0 Å². The molecule has 0 aliphatic heterocycles. The second kappa shape index (κ2) is 15.0. The van der Waals surface area contributed by atoms with Crippen molar-refractivity contribution in [3.63, 3.8) is 0 Å². The van der Waals surface area contributed by atoms with Crippen molar-refractivity contribution >= 4 is 38.6 Å². The predicted octanol–water partition coefficient (Wildman–Crippen LogP) is 18.5. The summed E-state index contributed by atoms with van der Waals surface area (Å²) in [4.78, 5) is 2.63. The molecule has 0 unspecified atom stereocenters. The van der Waals surface area contributed by atoms with Gasteiger partial charge in [0.15, 0.2) is 0 Å². The third kappa shape index (κ3) is 5.26. The van der Waals surface area contributed by atoms with Crippen LogP contribution in [0.3, 0.4) is 0 Å². The molecular formula is C69H43N. The van der Waals surface area contributed by atoms with Crippen molar-refractivity contribution in [3.8, 4) is 77.9 Å². The van der Waals surface area contributed by atoms with Crippen molar-refractivity contribution in [2.75, 3.05) is 4.90 Å². The van der Waals surface area contributed by atoms with E-state index in [0.717, 1.165) is 11.4 Å². The third-order valence-corrected chi connectivity index (χ3v) is 15.6. The highest BCUT2D eigenvalue weighted by molar-refractivity contribution is 6.30. The molecule has 1 spiro atoms. The molecule has 0 N–H and O–H groups in total. The first-order valence-corrected chi connectivity index (χ1v) is 24.4. The fraction of sp³-hybridized carbons (Fsp3) is 0.0145. The second-order valence-electron chi connectivity index (χ2n) is 19.0. The molecule has 3 aliphatic rings. The lowest BCUT2D eigenvalue weighted by molar-refractivity contribution is 0.794. The zero-order valence-corrected chi connectivity index (χ0v) is 38.3. The zero-order chi connectivity index (χ0) is 45.9. The van der Waals surface area contributed by atoms with Gasteiger partial charge in [0.2, 0.25) is 0 Å². The summed E-state index contributed by atoms with van der Waals surface area (Å²) in [5.41, 5.74) is 26.0. The number of hydrogen-bond donors (Lipinski definition) is 0. The maximum Gasteiger partial charge on any atom is 0.0726 e. The maximum absolute atomic E-state index is 2.63. The minimum Gasteiger partial charge on any atom is -0.309 e. The quantitative estimate of drug-likeness (QED) is 0.161. The number of nitrogens with zero attached hydrogens (tertiary/aromatic N) is 1. The van der Waals surface area contributed by atoms with E-state index in [2.05, 4.69) is 266 Å². The van der Waals surface area contributed by atoms with E-state index in [1.54, 1.807) is 0 Å². The molecule has 0 saturated carbocycles. The highest BCUT2D eigenvalue weighted by Crippen LogP contribution is 2.67. The van der Waals surface area contributed by atoms with Crippen molar-refractivity contribution in [1.29, 1.82) is 0 Å². The molecular weight excluding hydrogens is 843 g/mol. The van der Waals surface area contributed by atoms with Crippen LogP contribution in [0.2, 0.25) is 0 Å². The Hall–Kier alpha value is -9.04. The fourth-order valence-corrected chi connectivity index (χ4v) is 12.8. The van der Waals surface area contributed by atoms with Gasteiger partial charge in [-0.05, 0) is 124 Å². The molecule has 324 valence electrons. The second-order valence-corrected chi connectivity index (χ2v) is 19.0. The lowest BCUT2D eigenvalue weighted by atomic mass is 9.69. The molecule has 0 heterocycles. The summed E-state index contributed by atoms with van der Waals surface area (Å²) in [5.74, 6) is 0. The number of hydrogen-bond acceptors (Lipinski definition) is 1. The van der Waals surface area contributed by atoms with Crippen LogP contribution in [0.4, 0.5) is 17.1 Å². The number of rotatable bonds is 6. The standard InChI is InChI=1S/C69H43N/c1-4-21-44(22-5-1)45-39-41-49(42-40-45)70(61-38-20-37-60-64(61)55-33-16-19-36-59(55)69(60)57-34-17-14-29-51(57)52-30-15-18-35-58(52)69)68-50-28-11-10-27-48(50)43-56-65-62(46-23-6-2-7-24-46)53-31-12-13-32-54(53)63(67(65)66(56)68)47-25-8-3-9-26-47/h1-43H. The lowest BCUT2D eigenvalue weighted by Crippen LogP contribution is -2.26. The molecule has 0 atom stereocenters. The summed E-state index contributed by atoms with van der Waals surface area (Å²) in [6, 6.07) is 97.3.